The minimum Gasteiger partial charge on any atom is -0.355 e. The number of rotatable bonds is 4. The first-order valence-corrected chi connectivity index (χ1v) is 4.88. The highest BCUT2D eigenvalue weighted by Crippen LogP contribution is 2.01. The maximum absolute atomic E-state index is 11.3. The van der Waals surface area contributed by atoms with Crippen molar-refractivity contribution in [3.8, 4) is 0 Å². The van der Waals surface area contributed by atoms with Gasteiger partial charge in [0.05, 0.1) is 0 Å². The number of carbonyl (C=O) groups excluding carboxylic acids is 2. The minimum atomic E-state index is -0.309. The largest absolute Gasteiger partial charge is 0.355 e. The quantitative estimate of drug-likeness (QED) is 0.642. The third kappa shape index (κ3) is 4.94. The second kappa shape index (κ2) is 6.39. The van der Waals surface area contributed by atoms with Crippen LogP contribution in [0.2, 0.25) is 0 Å². The van der Waals surface area contributed by atoms with Crippen molar-refractivity contribution in [3.05, 3.63) is 24.5 Å². The van der Waals surface area contributed by atoms with Crippen molar-refractivity contribution in [2.24, 2.45) is 0 Å². The van der Waals surface area contributed by atoms with Crippen LogP contribution in [0.1, 0.15) is 6.92 Å². The van der Waals surface area contributed by atoms with Gasteiger partial charge in [0.2, 0.25) is 5.91 Å². The third-order valence-electron chi connectivity index (χ3n) is 1.72. The van der Waals surface area contributed by atoms with E-state index in [2.05, 4.69) is 20.9 Å². The molecule has 0 atom stereocenters. The standard InChI is InChI=1S/C10H14N4O2/c1-8(15)12-6-7-13-10(16)14-9-2-4-11-5-3-9/h2-5H,6-7H2,1H3,(H,12,15)(H2,11,13,14,16). The lowest BCUT2D eigenvalue weighted by atomic mass is 10.4. The Kier molecular flexibility index (Phi) is 4.78. The lowest BCUT2D eigenvalue weighted by Gasteiger charge is -2.07. The smallest absolute Gasteiger partial charge is 0.319 e. The van der Waals surface area contributed by atoms with Gasteiger partial charge >= 0.3 is 6.03 Å². The number of nitrogens with one attached hydrogen (secondary N) is 3. The zero-order valence-electron chi connectivity index (χ0n) is 8.99. The van der Waals surface area contributed by atoms with Crippen LogP contribution < -0.4 is 16.0 Å². The van der Waals surface area contributed by atoms with Crippen molar-refractivity contribution in [1.29, 1.82) is 0 Å². The fraction of sp³-hybridized carbons (Fsp3) is 0.300. The van der Waals surface area contributed by atoms with E-state index in [0.29, 0.717) is 18.8 Å². The van der Waals surface area contributed by atoms with Gasteiger partial charge in [-0.05, 0) is 12.1 Å². The zero-order valence-corrected chi connectivity index (χ0v) is 8.99. The van der Waals surface area contributed by atoms with Crippen molar-refractivity contribution in [2.45, 2.75) is 6.92 Å². The lowest BCUT2D eigenvalue weighted by Crippen LogP contribution is -2.36. The summed E-state index contributed by atoms with van der Waals surface area (Å²) in [5.74, 6) is -0.114. The van der Waals surface area contributed by atoms with E-state index in [-0.39, 0.29) is 11.9 Å². The van der Waals surface area contributed by atoms with Crippen molar-refractivity contribution >= 4 is 17.6 Å². The molecule has 1 aromatic heterocycles. The van der Waals surface area contributed by atoms with E-state index >= 15 is 0 Å². The molecule has 0 saturated carbocycles. The monoisotopic (exact) mass is 222 g/mol. The number of nitrogens with zero attached hydrogens (tertiary/aromatic N) is 1. The summed E-state index contributed by atoms with van der Waals surface area (Å²) >= 11 is 0. The number of aromatic nitrogens is 1. The normalized spacial score (nSPS) is 9.31. The van der Waals surface area contributed by atoms with Crippen molar-refractivity contribution in [2.75, 3.05) is 18.4 Å². The van der Waals surface area contributed by atoms with Crippen LogP contribution in [0.25, 0.3) is 0 Å². The number of hydrogen-bond donors (Lipinski definition) is 3. The highest BCUT2D eigenvalue weighted by atomic mass is 16.2. The molecule has 0 bridgehead atoms. The Morgan fingerprint density at radius 2 is 1.81 bits per heavy atom. The number of hydrogen-bond acceptors (Lipinski definition) is 3. The van der Waals surface area contributed by atoms with Gasteiger partial charge in [0.25, 0.3) is 0 Å². The first-order valence-electron chi connectivity index (χ1n) is 4.88. The average molecular weight is 222 g/mol. The van der Waals surface area contributed by atoms with Gasteiger partial charge in [-0.15, -0.1) is 0 Å². The lowest BCUT2D eigenvalue weighted by molar-refractivity contribution is -0.118. The molecule has 6 nitrogen and oxygen atoms in total. The SMILES string of the molecule is CC(=O)NCCNC(=O)Nc1ccncc1. The number of anilines is 1. The number of pyridine rings is 1. The summed E-state index contributed by atoms with van der Waals surface area (Å²) in [5.41, 5.74) is 0.673. The van der Waals surface area contributed by atoms with Gasteiger partial charge in [0.15, 0.2) is 0 Å². The van der Waals surface area contributed by atoms with Crippen LogP contribution in [0.4, 0.5) is 10.5 Å². The molecule has 0 aromatic carbocycles. The Morgan fingerprint density at radius 1 is 1.19 bits per heavy atom. The summed E-state index contributed by atoms with van der Waals surface area (Å²) in [6.07, 6.45) is 3.18. The van der Waals surface area contributed by atoms with Crippen LogP contribution in [0.15, 0.2) is 24.5 Å². The van der Waals surface area contributed by atoms with E-state index in [1.165, 1.54) is 6.92 Å². The van der Waals surface area contributed by atoms with Crippen LogP contribution >= 0.6 is 0 Å². The maximum Gasteiger partial charge on any atom is 0.319 e. The fourth-order valence-corrected chi connectivity index (χ4v) is 1.03. The molecule has 3 N–H and O–H groups in total. The van der Waals surface area contributed by atoms with E-state index in [4.69, 9.17) is 0 Å². The molecule has 3 amide bonds. The molecule has 0 aliphatic heterocycles. The maximum atomic E-state index is 11.3. The second-order valence-corrected chi connectivity index (χ2v) is 3.10. The molecular weight excluding hydrogens is 208 g/mol. The van der Waals surface area contributed by atoms with E-state index < -0.39 is 0 Å². The summed E-state index contributed by atoms with van der Waals surface area (Å²) in [5, 5.41) is 7.80. The minimum absolute atomic E-state index is 0.114. The molecule has 1 heterocycles. The molecule has 6 heteroatoms. The van der Waals surface area contributed by atoms with Crippen molar-refractivity contribution in [1.82, 2.24) is 15.6 Å². The van der Waals surface area contributed by atoms with E-state index in [1.807, 2.05) is 0 Å². The predicted octanol–water partition coefficient (Wildman–Crippen LogP) is 0.339. The summed E-state index contributed by atoms with van der Waals surface area (Å²) in [6.45, 7) is 2.23. The van der Waals surface area contributed by atoms with Gasteiger partial charge in [-0.25, -0.2) is 4.79 Å². The first-order chi connectivity index (χ1) is 7.68. The molecule has 0 radical (unpaired) electrons. The fourth-order valence-electron chi connectivity index (χ4n) is 1.03. The molecule has 0 saturated heterocycles. The summed E-state index contributed by atoms with van der Waals surface area (Å²) < 4.78 is 0. The van der Waals surface area contributed by atoms with Crippen LogP contribution in [0.5, 0.6) is 0 Å². The van der Waals surface area contributed by atoms with E-state index in [0.717, 1.165) is 0 Å². The van der Waals surface area contributed by atoms with E-state index in [9.17, 15) is 9.59 Å². The molecule has 16 heavy (non-hydrogen) atoms. The summed E-state index contributed by atoms with van der Waals surface area (Å²) in [6, 6.07) is 3.07. The van der Waals surface area contributed by atoms with Crippen LogP contribution in [0, 0.1) is 0 Å². The van der Waals surface area contributed by atoms with Crippen LogP contribution in [-0.4, -0.2) is 30.0 Å². The number of carbonyl (C=O) groups is 2. The zero-order chi connectivity index (χ0) is 11.8. The van der Waals surface area contributed by atoms with Gasteiger partial charge in [-0.1, -0.05) is 0 Å². The van der Waals surface area contributed by atoms with Crippen molar-refractivity contribution in [3.63, 3.8) is 0 Å². The Labute approximate surface area is 93.4 Å². The van der Waals surface area contributed by atoms with Gasteiger partial charge in [-0.3, -0.25) is 9.78 Å². The van der Waals surface area contributed by atoms with E-state index in [1.54, 1.807) is 24.5 Å². The molecule has 0 fully saturated rings. The van der Waals surface area contributed by atoms with Crippen LogP contribution in [-0.2, 0) is 4.79 Å². The highest BCUT2D eigenvalue weighted by Gasteiger charge is 1.99. The Balaban J connectivity index is 2.19. The predicted molar refractivity (Wildman–Crippen MR) is 59.9 cm³/mol. The first kappa shape index (κ1) is 12.0. The molecule has 86 valence electrons. The number of urea groups is 1. The Bertz CT molecular complexity index is 353. The second-order valence-electron chi connectivity index (χ2n) is 3.10. The van der Waals surface area contributed by atoms with Gasteiger partial charge < -0.3 is 16.0 Å². The molecular formula is C10H14N4O2. The van der Waals surface area contributed by atoms with Crippen molar-refractivity contribution < 1.29 is 9.59 Å². The molecule has 1 aromatic rings. The molecule has 0 aliphatic carbocycles. The van der Waals surface area contributed by atoms with Gasteiger partial charge in [0, 0.05) is 38.1 Å². The third-order valence-corrected chi connectivity index (χ3v) is 1.72. The molecule has 0 aliphatic rings. The summed E-state index contributed by atoms with van der Waals surface area (Å²) in [4.78, 5) is 25.7. The average Bonchev–Trinajstić information content (AvgIpc) is 2.25. The molecule has 1 rings (SSSR count). The molecule has 0 unspecified atom stereocenters. The Hall–Kier alpha value is -2.11. The van der Waals surface area contributed by atoms with Crippen LogP contribution in [0.3, 0.4) is 0 Å². The van der Waals surface area contributed by atoms with Gasteiger partial charge in [-0.2, -0.15) is 0 Å². The summed E-state index contributed by atoms with van der Waals surface area (Å²) in [7, 11) is 0. The highest BCUT2D eigenvalue weighted by molar-refractivity contribution is 5.89. The van der Waals surface area contributed by atoms with Gasteiger partial charge in [0.1, 0.15) is 0 Å². The molecule has 0 spiro atoms. The topological polar surface area (TPSA) is 83.1 Å². The number of amides is 3. The Morgan fingerprint density at radius 3 is 2.44 bits per heavy atom.